The molecule has 0 aromatic heterocycles. The van der Waals surface area contributed by atoms with Gasteiger partial charge in [0.25, 0.3) is 0 Å². The Bertz CT molecular complexity index is 919. The number of amides is 2. The highest BCUT2D eigenvalue weighted by Crippen LogP contribution is 2.33. The van der Waals surface area contributed by atoms with Crippen molar-refractivity contribution in [1.82, 2.24) is 4.90 Å². The van der Waals surface area contributed by atoms with Crippen molar-refractivity contribution in [2.75, 3.05) is 18.4 Å². The normalized spacial score (nSPS) is 16.0. The fourth-order valence-electron chi connectivity index (χ4n) is 4.13. The largest absolute Gasteiger partial charge is 0.457 e. The second kappa shape index (κ2) is 10.5. The molecule has 180 valence electrons. The monoisotopic (exact) mass is 464 g/mol. The molecule has 0 spiro atoms. The minimum Gasteiger partial charge on any atom is -0.457 e. The maximum absolute atomic E-state index is 12.7. The Morgan fingerprint density at radius 3 is 2.30 bits per heavy atom. The summed E-state index contributed by atoms with van der Waals surface area (Å²) < 4.78 is 43.8. The Labute approximate surface area is 192 Å². The number of likely N-dealkylation sites (tertiary alicyclic amines) is 1. The molecule has 1 fully saturated rings. The van der Waals surface area contributed by atoms with Crippen LogP contribution in [0.15, 0.2) is 48.5 Å². The third-order valence-corrected chi connectivity index (χ3v) is 6.31. The lowest BCUT2D eigenvalue weighted by molar-refractivity contribution is -0.137. The van der Waals surface area contributed by atoms with Crippen molar-refractivity contribution >= 4 is 11.7 Å². The second-order valence-corrected chi connectivity index (χ2v) is 8.68. The number of rotatable bonds is 7. The SMILES string of the molecule is CCC(CC)CC1(O)CCN(C(=O)Nc2cccc(Oc3ccc(C(F)(F)F)cc3)c2)CC1. The van der Waals surface area contributed by atoms with Gasteiger partial charge in [0.15, 0.2) is 0 Å². The maximum atomic E-state index is 12.7. The highest BCUT2D eigenvalue weighted by atomic mass is 19.4. The summed E-state index contributed by atoms with van der Waals surface area (Å²) in [6.45, 7) is 5.22. The summed E-state index contributed by atoms with van der Waals surface area (Å²) >= 11 is 0. The molecule has 0 aliphatic carbocycles. The van der Waals surface area contributed by atoms with Crippen LogP contribution in [0.25, 0.3) is 0 Å². The van der Waals surface area contributed by atoms with Gasteiger partial charge in [-0.3, -0.25) is 0 Å². The lowest BCUT2D eigenvalue weighted by atomic mass is 9.81. The van der Waals surface area contributed by atoms with Gasteiger partial charge in [0, 0.05) is 24.8 Å². The van der Waals surface area contributed by atoms with E-state index in [0.717, 1.165) is 31.4 Å². The first-order chi connectivity index (χ1) is 15.6. The van der Waals surface area contributed by atoms with Gasteiger partial charge in [0.2, 0.25) is 0 Å². The molecule has 0 atom stereocenters. The van der Waals surface area contributed by atoms with E-state index in [1.54, 1.807) is 29.2 Å². The van der Waals surface area contributed by atoms with Crippen molar-refractivity contribution < 1.29 is 27.8 Å². The van der Waals surface area contributed by atoms with Crippen molar-refractivity contribution in [3.05, 3.63) is 54.1 Å². The summed E-state index contributed by atoms with van der Waals surface area (Å²) in [6.07, 6.45) is -0.469. The summed E-state index contributed by atoms with van der Waals surface area (Å²) in [4.78, 5) is 14.4. The molecule has 1 saturated heterocycles. The van der Waals surface area contributed by atoms with Crippen LogP contribution in [-0.2, 0) is 6.18 Å². The van der Waals surface area contributed by atoms with Gasteiger partial charge in [-0.05, 0) is 61.6 Å². The smallest absolute Gasteiger partial charge is 0.416 e. The number of alkyl halides is 3. The number of anilines is 1. The molecule has 0 bridgehead atoms. The number of halogens is 3. The molecule has 2 aromatic rings. The van der Waals surface area contributed by atoms with Crippen molar-refractivity contribution in [3.8, 4) is 11.5 Å². The molecule has 1 heterocycles. The van der Waals surface area contributed by atoms with Crippen LogP contribution in [0.2, 0.25) is 0 Å². The Hall–Kier alpha value is -2.74. The number of aliphatic hydroxyl groups is 1. The molecule has 1 aliphatic rings. The third kappa shape index (κ3) is 6.87. The molecule has 8 heteroatoms. The molecule has 0 radical (unpaired) electrons. The van der Waals surface area contributed by atoms with Crippen LogP contribution in [0.1, 0.15) is 51.5 Å². The van der Waals surface area contributed by atoms with Crippen LogP contribution in [-0.4, -0.2) is 34.7 Å². The highest BCUT2D eigenvalue weighted by Gasteiger charge is 2.35. The number of carbonyl (C=O) groups is 1. The topological polar surface area (TPSA) is 61.8 Å². The van der Waals surface area contributed by atoms with Crippen molar-refractivity contribution in [3.63, 3.8) is 0 Å². The average molecular weight is 465 g/mol. The number of benzene rings is 2. The molecule has 0 unspecified atom stereocenters. The Kier molecular flexibility index (Phi) is 7.89. The van der Waals surface area contributed by atoms with Gasteiger partial charge in [-0.15, -0.1) is 0 Å². The number of hydrogen-bond acceptors (Lipinski definition) is 3. The first-order valence-electron chi connectivity index (χ1n) is 11.4. The highest BCUT2D eigenvalue weighted by molar-refractivity contribution is 5.89. The third-order valence-electron chi connectivity index (χ3n) is 6.31. The number of ether oxygens (including phenoxy) is 1. The van der Waals surface area contributed by atoms with E-state index in [0.29, 0.717) is 43.3 Å². The first kappa shape index (κ1) is 24.9. The minimum atomic E-state index is -4.40. The fraction of sp³-hybridized carbons (Fsp3) is 0.480. The first-order valence-corrected chi connectivity index (χ1v) is 11.4. The quantitative estimate of drug-likeness (QED) is 0.480. The van der Waals surface area contributed by atoms with Gasteiger partial charge in [-0.25, -0.2) is 4.79 Å². The van der Waals surface area contributed by atoms with E-state index in [1.807, 2.05) is 0 Å². The molecule has 2 aromatic carbocycles. The van der Waals surface area contributed by atoms with Gasteiger partial charge >= 0.3 is 12.2 Å². The average Bonchev–Trinajstić information content (AvgIpc) is 2.78. The van der Waals surface area contributed by atoms with Crippen LogP contribution in [0.4, 0.5) is 23.7 Å². The van der Waals surface area contributed by atoms with Gasteiger partial charge in [-0.2, -0.15) is 13.2 Å². The van der Waals surface area contributed by atoms with E-state index in [2.05, 4.69) is 19.2 Å². The second-order valence-electron chi connectivity index (χ2n) is 8.68. The molecule has 2 N–H and O–H groups in total. The van der Waals surface area contributed by atoms with E-state index >= 15 is 0 Å². The molecular weight excluding hydrogens is 433 g/mol. The van der Waals surface area contributed by atoms with E-state index in [4.69, 9.17) is 4.74 Å². The zero-order chi connectivity index (χ0) is 24.1. The number of nitrogens with one attached hydrogen (secondary N) is 1. The molecular formula is C25H31F3N2O3. The van der Waals surface area contributed by atoms with Gasteiger partial charge in [0.1, 0.15) is 11.5 Å². The van der Waals surface area contributed by atoms with Gasteiger partial charge < -0.3 is 20.1 Å². The van der Waals surface area contributed by atoms with E-state index in [-0.39, 0.29) is 11.8 Å². The van der Waals surface area contributed by atoms with Crippen molar-refractivity contribution in [2.24, 2.45) is 5.92 Å². The van der Waals surface area contributed by atoms with Gasteiger partial charge in [0.05, 0.1) is 11.2 Å². The minimum absolute atomic E-state index is 0.258. The van der Waals surface area contributed by atoms with Crippen LogP contribution < -0.4 is 10.1 Å². The lowest BCUT2D eigenvalue weighted by Crippen LogP contribution is -2.48. The predicted octanol–water partition coefficient (Wildman–Crippen LogP) is 6.68. The fourth-order valence-corrected chi connectivity index (χ4v) is 4.13. The summed E-state index contributed by atoms with van der Waals surface area (Å²) in [5, 5.41) is 13.7. The summed E-state index contributed by atoms with van der Waals surface area (Å²) in [5.41, 5.74) is -0.949. The number of hydrogen-bond donors (Lipinski definition) is 2. The molecule has 0 saturated carbocycles. The Morgan fingerprint density at radius 1 is 1.09 bits per heavy atom. The molecule has 5 nitrogen and oxygen atoms in total. The van der Waals surface area contributed by atoms with Crippen LogP contribution in [0.5, 0.6) is 11.5 Å². The number of carbonyl (C=O) groups excluding carboxylic acids is 1. The number of nitrogens with zero attached hydrogens (tertiary/aromatic N) is 1. The van der Waals surface area contributed by atoms with Crippen molar-refractivity contribution in [2.45, 2.75) is 57.7 Å². The summed E-state index contributed by atoms with van der Waals surface area (Å²) in [6, 6.07) is 10.9. The predicted molar refractivity (Wildman–Crippen MR) is 121 cm³/mol. The van der Waals surface area contributed by atoms with E-state index < -0.39 is 17.3 Å². The summed E-state index contributed by atoms with van der Waals surface area (Å²) in [5.74, 6) is 1.15. The molecule has 33 heavy (non-hydrogen) atoms. The molecule has 3 rings (SSSR count). The maximum Gasteiger partial charge on any atom is 0.416 e. The standard InChI is InChI=1S/C25H31F3N2O3/c1-3-18(4-2)17-24(32)12-14-30(15-13-24)23(31)29-20-6-5-7-22(16-20)33-21-10-8-19(9-11-21)25(26,27)28/h5-11,16,18,32H,3-4,12-15,17H2,1-2H3,(H,29,31). The molecule has 2 amide bonds. The zero-order valence-corrected chi connectivity index (χ0v) is 19.0. The van der Waals surface area contributed by atoms with Crippen LogP contribution in [0.3, 0.4) is 0 Å². The Balaban J connectivity index is 1.55. The lowest BCUT2D eigenvalue weighted by Gasteiger charge is -2.39. The zero-order valence-electron chi connectivity index (χ0n) is 19.0. The summed E-state index contributed by atoms with van der Waals surface area (Å²) in [7, 11) is 0. The molecule has 1 aliphatic heterocycles. The van der Waals surface area contributed by atoms with Crippen LogP contribution >= 0.6 is 0 Å². The van der Waals surface area contributed by atoms with E-state index in [9.17, 15) is 23.1 Å². The van der Waals surface area contributed by atoms with E-state index in [1.165, 1.54) is 12.1 Å². The van der Waals surface area contributed by atoms with Crippen molar-refractivity contribution in [1.29, 1.82) is 0 Å². The van der Waals surface area contributed by atoms with Crippen LogP contribution in [0, 0.1) is 5.92 Å². The number of urea groups is 1. The number of piperidine rings is 1. The Morgan fingerprint density at radius 2 is 1.73 bits per heavy atom. The van der Waals surface area contributed by atoms with Gasteiger partial charge in [-0.1, -0.05) is 32.8 Å².